The van der Waals surface area contributed by atoms with Crippen LogP contribution in [0.2, 0.25) is 0 Å². The van der Waals surface area contributed by atoms with Crippen LogP contribution in [0, 0.1) is 0 Å². The van der Waals surface area contributed by atoms with Crippen LogP contribution < -0.4 is 0 Å². The average Bonchev–Trinajstić information content (AvgIpc) is 2.70. The summed E-state index contributed by atoms with van der Waals surface area (Å²) in [5.41, 5.74) is 1.74. The first kappa shape index (κ1) is 26.0. The molecule has 0 atom stereocenters. The van der Waals surface area contributed by atoms with Crippen molar-refractivity contribution in [1.29, 1.82) is 0 Å². The van der Waals surface area contributed by atoms with E-state index in [1.165, 1.54) is 70.6 Å². The summed E-state index contributed by atoms with van der Waals surface area (Å²) in [7, 11) is 0. The van der Waals surface area contributed by atoms with Crippen molar-refractivity contribution in [2.24, 2.45) is 0 Å². The molecule has 1 nitrogen and oxygen atoms in total. The number of alkyl halides is 1. The fraction of sp³-hybridized carbons (Fsp3) is 0.667. The average molecular weight is 419 g/mol. The lowest BCUT2D eigenvalue weighted by Crippen LogP contribution is -2.14. The number of ketones is 1. The summed E-state index contributed by atoms with van der Waals surface area (Å²) in [4.78, 5) is 12.1. The van der Waals surface area contributed by atoms with Crippen LogP contribution in [0.1, 0.15) is 127 Å². The maximum Gasteiger partial charge on any atom is 0.163 e. The number of hydrogen-bond donors (Lipinski definition) is 0. The lowest BCUT2D eigenvalue weighted by atomic mass is 9.92. The molecule has 0 unspecified atom stereocenters. The number of rotatable bonds is 17. The molecule has 0 spiro atoms. The number of hydrogen-bond acceptors (Lipinski definition) is 1. The molecule has 0 saturated heterocycles. The van der Waals surface area contributed by atoms with Gasteiger partial charge in [0.2, 0.25) is 0 Å². The Hall–Kier alpha value is -1.08. The molecule has 0 N–H and O–H groups in total. The van der Waals surface area contributed by atoms with Gasteiger partial charge in [-0.05, 0) is 51.5 Å². The Kier molecular flexibility index (Phi) is 14.1. The maximum atomic E-state index is 12.6. The number of benzene rings is 1. The van der Waals surface area contributed by atoms with Gasteiger partial charge in [0.15, 0.2) is 5.78 Å². The molecule has 29 heavy (non-hydrogen) atoms. The van der Waals surface area contributed by atoms with Gasteiger partial charge in [-0.25, -0.2) is 0 Å². The molecule has 0 fully saturated rings. The highest BCUT2D eigenvalue weighted by molar-refractivity contribution is 6.24. The van der Waals surface area contributed by atoms with Crippen molar-refractivity contribution in [3.8, 4) is 0 Å². The number of halogens is 1. The van der Waals surface area contributed by atoms with E-state index in [0.29, 0.717) is 6.42 Å². The minimum absolute atomic E-state index is 0.229. The molecular weight excluding hydrogens is 376 g/mol. The summed E-state index contributed by atoms with van der Waals surface area (Å²) >= 11 is 6.45. The third kappa shape index (κ3) is 12.3. The second kappa shape index (κ2) is 15.7. The predicted octanol–water partition coefficient (Wildman–Crippen LogP) is 9.38. The number of carbonyl (C=O) groups is 1. The molecule has 0 amide bonds. The first-order chi connectivity index (χ1) is 14.0. The van der Waals surface area contributed by atoms with Crippen LogP contribution in [-0.2, 0) is 4.87 Å². The van der Waals surface area contributed by atoms with Gasteiger partial charge in [-0.3, -0.25) is 4.79 Å². The molecule has 1 aromatic carbocycles. The van der Waals surface area contributed by atoms with Crippen LogP contribution in [0.25, 0.3) is 0 Å². The van der Waals surface area contributed by atoms with Gasteiger partial charge in [0.25, 0.3) is 0 Å². The summed E-state index contributed by atoms with van der Waals surface area (Å²) in [5.74, 6) is 0.229. The number of unbranched alkanes of at least 4 members (excludes halogenated alkanes) is 11. The van der Waals surface area contributed by atoms with E-state index in [0.717, 1.165) is 24.0 Å². The zero-order chi connectivity index (χ0) is 21.4. The van der Waals surface area contributed by atoms with Crippen LogP contribution in [-0.4, -0.2) is 5.78 Å². The Bertz CT molecular complexity index is 582. The van der Waals surface area contributed by atoms with Gasteiger partial charge in [-0.2, -0.15) is 0 Å². The third-order valence-corrected chi connectivity index (χ3v) is 5.74. The summed E-state index contributed by atoms with van der Waals surface area (Å²) in [6.45, 7) is 6.16. The largest absolute Gasteiger partial charge is 0.294 e. The standard InChI is InChI=1S/C27H43ClO/c1-4-5-6-7-8-9-10-11-12-13-14-15-16-17-18-23-26(29)24-21-19-20-22-25(24)27(2,3)28/h11-12,19-22H,4-10,13-18,23H2,1-3H3/b12-11-. The highest BCUT2D eigenvalue weighted by Gasteiger charge is 2.22. The lowest BCUT2D eigenvalue weighted by Gasteiger charge is -2.19. The Morgan fingerprint density at radius 3 is 1.93 bits per heavy atom. The van der Waals surface area contributed by atoms with Crippen LogP contribution >= 0.6 is 11.6 Å². The molecule has 1 aromatic rings. The monoisotopic (exact) mass is 418 g/mol. The lowest BCUT2D eigenvalue weighted by molar-refractivity contribution is 0.0977. The molecular formula is C27H43ClO. The van der Waals surface area contributed by atoms with Gasteiger partial charge in [0.05, 0.1) is 4.87 Å². The van der Waals surface area contributed by atoms with Crippen LogP contribution in [0.4, 0.5) is 0 Å². The minimum atomic E-state index is -0.505. The van der Waals surface area contributed by atoms with E-state index in [9.17, 15) is 4.79 Å². The first-order valence-corrected chi connectivity index (χ1v) is 12.3. The van der Waals surface area contributed by atoms with Crippen LogP contribution in [0.5, 0.6) is 0 Å². The summed E-state index contributed by atoms with van der Waals surface area (Å²) in [6, 6.07) is 7.78. The molecule has 0 saturated carbocycles. The van der Waals surface area contributed by atoms with E-state index in [1.54, 1.807) is 0 Å². The van der Waals surface area contributed by atoms with E-state index < -0.39 is 4.87 Å². The van der Waals surface area contributed by atoms with E-state index in [-0.39, 0.29) is 5.78 Å². The van der Waals surface area contributed by atoms with E-state index >= 15 is 0 Å². The quantitative estimate of drug-likeness (QED) is 0.106. The first-order valence-electron chi connectivity index (χ1n) is 11.9. The van der Waals surface area contributed by atoms with Crippen molar-refractivity contribution in [1.82, 2.24) is 0 Å². The second-order valence-electron chi connectivity index (χ2n) is 8.78. The van der Waals surface area contributed by atoms with Gasteiger partial charge in [0.1, 0.15) is 0 Å². The Balaban J connectivity index is 2.05. The van der Waals surface area contributed by atoms with Gasteiger partial charge in [-0.1, -0.05) is 94.7 Å². The molecule has 164 valence electrons. The zero-order valence-corrected chi connectivity index (χ0v) is 19.9. The normalized spacial score (nSPS) is 12.0. The number of Topliss-reactive ketones (excluding diaryl/α,β-unsaturated/α-hetero) is 1. The Morgan fingerprint density at radius 1 is 0.828 bits per heavy atom. The van der Waals surface area contributed by atoms with Crippen molar-refractivity contribution >= 4 is 17.4 Å². The van der Waals surface area contributed by atoms with E-state index in [1.807, 2.05) is 38.1 Å². The highest BCUT2D eigenvalue weighted by atomic mass is 35.5. The molecule has 0 heterocycles. The van der Waals surface area contributed by atoms with Crippen molar-refractivity contribution < 1.29 is 4.79 Å². The molecule has 0 aromatic heterocycles. The van der Waals surface area contributed by atoms with E-state index in [4.69, 9.17) is 11.6 Å². The zero-order valence-electron chi connectivity index (χ0n) is 19.1. The molecule has 2 heteroatoms. The van der Waals surface area contributed by atoms with E-state index in [2.05, 4.69) is 19.1 Å². The summed E-state index contributed by atoms with van der Waals surface area (Å²) in [5, 5.41) is 0. The number of carbonyl (C=O) groups excluding carboxylic acids is 1. The van der Waals surface area contributed by atoms with Crippen molar-refractivity contribution in [2.75, 3.05) is 0 Å². The summed E-state index contributed by atoms with van der Waals surface area (Å²) in [6.07, 6.45) is 21.9. The van der Waals surface area contributed by atoms with Gasteiger partial charge in [-0.15, -0.1) is 11.6 Å². The highest BCUT2D eigenvalue weighted by Crippen LogP contribution is 2.31. The van der Waals surface area contributed by atoms with Crippen LogP contribution in [0.15, 0.2) is 36.4 Å². The number of allylic oxidation sites excluding steroid dienone is 2. The van der Waals surface area contributed by atoms with Crippen molar-refractivity contribution in [3.05, 3.63) is 47.5 Å². The molecule has 1 rings (SSSR count). The fourth-order valence-electron chi connectivity index (χ4n) is 3.74. The fourth-order valence-corrected chi connectivity index (χ4v) is 3.90. The molecule has 0 aliphatic heterocycles. The molecule has 0 radical (unpaired) electrons. The van der Waals surface area contributed by atoms with Gasteiger partial charge < -0.3 is 0 Å². The Labute approximate surface area is 185 Å². The topological polar surface area (TPSA) is 17.1 Å². The van der Waals surface area contributed by atoms with Crippen molar-refractivity contribution in [2.45, 2.75) is 116 Å². The minimum Gasteiger partial charge on any atom is -0.294 e. The third-order valence-electron chi connectivity index (χ3n) is 5.53. The Morgan fingerprint density at radius 2 is 1.34 bits per heavy atom. The smallest absolute Gasteiger partial charge is 0.163 e. The molecule has 0 aliphatic rings. The summed E-state index contributed by atoms with van der Waals surface area (Å²) < 4.78 is 0. The van der Waals surface area contributed by atoms with Gasteiger partial charge in [0, 0.05) is 12.0 Å². The van der Waals surface area contributed by atoms with Crippen LogP contribution in [0.3, 0.4) is 0 Å². The van der Waals surface area contributed by atoms with Gasteiger partial charge >= 0.3 is 0 Å². The maximum absolute atomic E-state index is 12.6. The second-order valence-corrected chi connectivity index (χ2v) is 9.72. The predicted molar refractivity (Wildman–Crippen MR) is 129 cm³/mol. The molecule has 0 bridgehead atoms. The molecule has 0 aliphatic carbocycles. The SMILES string of the molecule is CCCCCCCC/C=C\CCCCCCCC(=O)c1ccccc1C(C)(C)Cl. The van der Waals surface area contributed by atoms with Crippen molar-refractivity contribution in [3.63, 3.8) is 0 Å².